The normalized spacial score (nSPS) is 20.7. The zero-order valence-corrected chi connectivity index (χ0v) is 18.0. The van der Waals surface area contributed by atoms with Gasteiger partial charge in [0, 0.05) is 37.3 Å². The van der Waals surface area contributed by atoms with Crippen LogP contribution in [0.1, 0.15) is 51.4 Å². The molecule has 1 aliphatic heterocycles. The Kier molecular flexibility index (Phi) is 5.98. The van der Waals surface area contributed by atoms with Crippen LogP contribution in [0, 0.1) is 11.8 Å². The van der Waals surface area contributed by atoms with Crippen molar-refractivity contribution in [2.45, 2.75) is 53.1 Å². The largest absolute Gasteiger partial charge is 0.350 e. The second kappa shape index (κ2) is 8.14. The van der Waals surface area contributed by atoms with Crippen LogP contribution in [0.2, 0.25) is 0 Å². The third-order valence-corrected chi connectivity index (χ3v) is 5.97. The summed E-state index contributed by atoms with van der Waals surface area (Å²) in [5.74, 6) is 1.09. The Morgan fingerprint density at radius 2 is 1.86 bits per heavy atom. The number of rotatable bonds is 5. The molecular weight excluding hydrogens is 368 g/mol. The summed E-state index contributed by atoms with van der Waals surface area (Å²) in [4.78, 5) is 42.3. The van der Waals surface area contributed by atoms with E-state index in [9.17, 15) is 14.4 Å². The number of carbonyl (C=O) groups excluding carboxylic acids is 1. The molecule has 2 N–H and O–H groups in total. The Morgan fingerprint density at radius 3 is 2.48 bits per heavy atom. The SMILES string of the molecule is CCn1c(=O)[nH]c2cc(C(=O)NCC(C)(C)N3CC(C)CC(C)C3)ccc2c1=O. The van der Waals surface area contributed by atoms with E-state index in [0.29, 0.717) is 41.4 Å². The van der Waals surface area contributed by atoms with Crippen LogP contribution in [0.5, 0.6) is 0 Å². The standard InChI is InChI=1S/C22H32N4O3/c1-6-26-20(28)17-8-7-16(10-18(17)24-21(26)29)19(27)23-13-22(4,5)25-11-14(2)9-15(3)12-25/h7-8,10,14-15H,6,9,11-13H2,1-5H3,(H,23,27)(H,24,29). The lowest BCUT2D eigenvalue weighted by molar-refractivity contribution is 0.0445. The van der Waals surface area contributed by atoms with Gasteiger partial charge in [0.05, 0.1) is 10.9 Å². The second-order valence-corrected chi connectivity index (χ2v) is 9.09. The van der Waals surface area contributed by atoms with Crippen molar-refractivity contribution in [2.75, 3.05) is 19.6 Å². The van der Waals surface area contributed by atoms with Crippen LogP contribution in [0.25, 0.3) is 10.9 Å². The van der Waals surface area contributed by atoms with Crippen LogP contribution in [0.15, 0.2) is 27.8 Å². The lowest BCUT2D eigenvalue weighted by Gasteiger charge is -2.45. The zero-order chi connectivity index (χ0) is 21.3. The number of aromatic amines is 1. The molecule has 2 unspecified atom stereocenters. The number of amides is 1. The lowest BCUT2D eigenvalue weighted by atomic mass is 9.88. The smallest absolute Gasteiger partial charge is 0.328 e. The van der Waals surface area contributed by atoms with Crippen molar-refractivity contribution >= 4 is 16.8 Å². The third-order valence-electron chi connectivity index (χ3n) is 5.97. The van der Waals surface area contributed by atoms with Gasteiger partial charge in [-0.1, -0.05) is 13.8 Å². The Labute approximate surface area is 171 Å². The van der Waals surface area contributed by atoms with Gasteiger partial charge in [-0.25, -0.2) is 4.79 Å². The van der Waals surface area contributed by atoms with Crippen LogP contribution >= 0.6 is 0 Å². The van der Waals surface area contributed by atoms with Crippen LogP contribution in [0.3, 0.4) is 0 Å². The van der Waals surface area contributed by atoms with E-state index in [4.69, 9.17) is 0 Å². The maximum Gasteiger partial charge on any atom is 0.328 e. The number of fused-ring (bicyclic) bond motifs is 1. The zero-order valence-electron chi connectivity index (χ0n) is 18.0. The van der Waals surface area contributed by atoms with Gasteiger partial charge in [0.1, 0.15) is 0 Å². The second-order valence-electron chi connectivity index (χ2n) is 9.09. The Balaban J connectivity index is 1.76. The first-order valence-electron chi connectivity index (χ1n) is 10.4. The molecule has 1 fully saturated rings. The predicted octanol–water partition coefficient (Wildman–Crippen LogP) is 2.20. The summed E-state index contributed by atoms with van der Waals surface area (Å²) in [6, 6.07) is 4.81. The molecule has 1 aliphatic rings. The first kappa shape index (κ1) is 21.3. The predicted molar refractivity (Wildman–Crippen MR) is 115 cm³/mol. The van der Waals surface area contributed by atoms with Crippen molar-refractivity contribution < 1.29 is 4.79 Å². The molecule has 7 heteroatoms. The van der Waals surface area contributed by atoms with Gasteiger partial charge in [-0.3, -0.25) is 19.1 Å². The lowest BCUT2D eigenvalue weighted by Crippen LogP contribution is -2.56. The molecule has 0 aliphatic carbocycles. The molecule has 1 aromatic heterocycles. The van der Waals surface area contributed by atoms with E-state index in [2.05, 4.69) is 42.9 Å². The van der Waals surface area contributed by atoms with Gasteiger partial charge in [0.25, 0.3) is 11.5 Å². The first-order valence-corrected chi connectivity index (χ1v) is 10.4. The molecule has 0 saturated carbocycles. The molecule has 2 heterocycles. The molecular formula is C22H32N4O3. The van der Waals surface area contributed by atoms with E-state index in [1.54, 1.807) is 25.1 Å². The summed E-state index contributed by atoms with van der Waals surface area (Å²) in [6.45, 7) is 13.5. The summed E-state index contributed by atoms with van der Waals surface area (Å²) in [5, 5.41) is 3.43. The Bertz CT molecular complexity index is 1010. The number of aromatic nitrogens is 2. The molecule has 1 saturated heterocycles. The number of nitrogens with zero attached hydrogens (tertiary/aromatic N) is 2. The number of hydrogen-bond donors (Lipinski definition) is 2. The molecule has 0 radical (unpaired) electrons. The van der Waals surface area contributed by atoms with Crippen molar-refractivity contribution in [1.82, 2.24) is 19.8 Å². The van der Waals surface area contributed by atoms with Crippen molar-refractivity contribution in [3.63, 3.8) is 0 Å². The number of nitrogens with one attached hydrogen (secondary N) is 2. The van der Waals surface area contributed by atoms with Crippen molar-refractivity contribution in [3.8, 4) is 0 Å². The van der Waals surface area contributed by atoms with Crippen molar-refractivity contribution in [1.29, 1.82) is 0 Å². The molecule has 29 heavy (non-hydrogen) atoms. The van der Waals surface area contributed by atoms with Crippen molar-refractivity contribution in [2.24, 2.45) is 11.8 Å². The highest BCUT2D eigenvalue weighted by Crippen LogP contribution is 2.27. The number of piperidine rings is 1. The minimum Gasteiger partial charge on any atom is -0.350 e. The fourth-order valence-corrected chi connectivity index (χ4v) is 4.35. The summed E-state index contributed by atoms with van der Waals surface area (Å²) >= 11 is 0. The van der Waals surface area contributed by atoms with Gasteiger partial charge in [-0.2, -0.15) is 0 Å². The van der Waals surface area contributed by atoms with Gasteiger partial charge < -0.3 is 10.3 Å². The van der Waals surface area contributed by atoms with Gasteiger partial charge in [0.2, 0.25) is 0 Å². The summed E-state index contributed by atoms with van der Waals surface area (Å²) in [5.41, 5.74) is -0.142. The molecule has 7 nitrogen and oxygen atoms in total. The summed E-state index contributed by atoms with van der Waals surface area (Å²) < 4.78 is 1.14. The minimum absolute atomic E-state index is 0.154. The molecule has 2 aromatic rings. The van der Waals surface area contributed by atoms with E-state index < -0.39 is 5.69 Å². The quantitative estimate of drug-likeness (QED) is 0.805. The number of benzene rings is 1. The maximum absolute atomic E-state index is 12.7. The van der Waals surface area contributed by atoms with Crippen LogP contribution in [0.4, 0.5) is 0 Å². The Hall–Kier alpha value is -2.41. The average Bonchev–Trinajstić information content (AvgIpc) is 2.65. The van der Waals surface area contributed by atoms with Crippen LogP contribution < -0.4 is 16.6 Å². The average molecular weight is 401 g/mol. The fraction of sp³-hybridized carbons (Fsp3) is 0.591. The third kappa shape index (κ3) is 4.45. The van der Waals surface area contributed by atoms with Gasteiger partial charge in [-0.05, 0) is 57.2 Å². The number of likely N-dealkylation sites (tertiary alicyclic amines) is 1. The molecule has 1 amide bonds. The first-order chi connectivity index (χ1) is 13.6. The van der Waals surface area contributed by atoms with E-state index in [-0.39, 0.29) is 17.0 Å². The minimum atomic E-state index is -0.461. The van der Waals surface area contributed by atoms with Gasteiger partial charge >= 0.3 is 5.69 Å². The highest BCUT2D eigenvalue weighted by atomic mass is 16.2. The number of H-pyrrole nitrogens is 1. The van der Waals surface area contributed by atoms with E-state index >= 15 is 0 Å². The van der Waals surface area contributed by atoms with E-state index in [0.717, 1.165) is 17.7 Å². The molecule has 3 rings (SSSR count). The van der Waals surface area contributed by atoms with Crippen LogP contribution in [-0.2, 0) is 6.54 Å². The maximum atomic E-state index is 12.7. The summed E-state index contributed by atoms with van der Waals surface area (Å²) in [7, 11) is 0. The van der Waals surface area contributed by atoms with Gasteiger partial charge in [-0.15, -0.1) is 0 Å². The van der Waals surface area contributed by atoms with E-state index in [1.807, 2.05) is 0 Å². The number of hydrogen-bond acceptors (Lipinski definition) is 4. The Morgan fingerprint density at radius 1 is 1.21 bits per heavy atom. The highest BCUT2D eigenvalue weighted by Gasteiger charge is 2.33. The molecule has 1 aromatic carbocycles. The number of carbonyl (C=O) groups is 1. The highest BCUT2D eigenvalue weighted by molar-refractivity contribution is 5.97. The molecule has 2 atom stereocenters. The topological polar surface area (TPSA) is 87.2 Å². The van der Waals surface area contributed by atoms with Crippen LogP contribution in [-0.4, -0.2) is 45.5 Å². The van der Waals surface area contributed by atoms with Crippen molar-refractivity contribution in [3.05, 3.63) is 44.6 Å². The molecule has 0 spiro atoms. The molecule has 158 valence electrons. The molecule has 0 bridgehead atoms. The fourth-order valence-electron chi connectivity index (χ4n) is 4.35. The monoisotopic (exact) mass is 400 g/mol. The van der Waals surface area contributed by atoms with E-state index in [1.165, 1.54) is 6.42 Å². The van der Waals surface area contributed by atoms with Gasteiger partial charge in [0.15, 0.2) is 0 Å². The summed E-state index contributed by atoms with van der Waals surface area (Å²) in [6.07, 6.45) is 1.24.